The molecule has 0 aromatic heterocycles. The zero-order valence-corrected chi connectivity index (χ0v) is 10.4. The highest BCUT2D eigenvalue weighted by molar-refractivity contribution is 14.1. The molecular formula is C11H12INO2. The van der Waals surface area contributed by atoms with E-state index in [9.17, 15) is 4.79 Å². The van der Waals surface area contributed by atoms with Crippen LogP contribution in [-0.4, -0.2) is 24.2 Å². The molecule has 1 aliphatic rings. The molecule has 1 aliphatic heterocycles. The van der Waals surface area contributed by atoms with E-state index in [1.54, 1.807) is 6.07 Å². The fourth-order valence-corrected chi connectivity index (χ4v) is 2.82. The minimum absolute atomic E-state index is 0.403. The van der Waals surface area contributed by atoms with Gasteiger partial charge in [0.05, 0.1) is 14.8 Å². The first-order valence-electron chi connectivity index (χ1n) is 4.97. The van der Waals surface area contributed by atoms with E-state index in [1.807, 2.05) is 12.1 Å². The second-order valence-electron chi connectivity index (χ2n) is 3.64. The van der Waals surface area contributed by atoms with Crippen molar-refractivity contribution in [2.24, 2.45) is 0 Å². The van der Waals surface area contributed by atoms with E-state index in [1.165, 1.54) is 12.8 Å². The molecule has 1 fully saturated rings. The first kappa shape index (κ1) is 10.7. The first-order chi connectivity index (χ1) is 7.20. The largest absolute Gasteiger partial charge is 0.478 e. The van der Waals surface area contributed by atoms with Gasteiger partial charge in [-0.2, -0.15) is 0 Å². The summed E-state index contributed by atoms with van der Waals surface area (Å²) in [7, 11) is 0. The van der Waals surface area contributed by atoms with Crippen LogP contribution in [0.3, 0.4) is 0 Å². The quantitative estimate of drug-likeness (QED) is 0.853. The third kappa shape index (κ3) is 2.09. The molecule has 0 atom stereocenters. The third-order valence-electron chi connectivity index (χ3n) is 2.66. The predicted octanol–water partition coefficient (Wildman–Crippen LogP) is 2.59. The number of anilines is 1. The van der Waals surface area contributed by atoms with E-state index >= 15 is 0 Å². The van der Waals surface area contributed by atoms with Crippen molar-refractivity contribution < 1.29 is 9.90 Å². The lowest BCUT2D eigenvalue weighted by molar-refractivity contribution is 0.0696. The highest BCUT2D eigenvalue weighted by Crippen LogP contribution is 2.28. The van der Waals surface area contributed by atoms with E-state index < -0.39 is 5.97 Å². The summed E-state index contributed by atoms with van der Waals surface area (Å²) >= 11 is 2.12. The van der Waals surface area contributed by atoms with Crippen molar-refractivity contribution in [3.05, 3.63) is 27.3 Å². The molecule has 0 unspecified atom stereocenters. The van der Waals surface area contributed by atoms with Gasteiger partial charge in [0.25, 0.3) is 0 Å². The van der Waals surface area contributed by atoms with Crippen molar-refractivity contribution >= 4 is 34.2 Å². The molecule has 0 spiro atoms. The van der Waals surface area contributed by atoms with E-state index in [-0.39, 0.29) is 0 Å². The minimum Gasteiger partial charge on any atom is -0.478 e. The van der Waals surface area contributed by atoms with Gasteiger partial charge in [0.2, 0.25) is 0 Å². The summed E-state index contributed by atoms with van der Waals surface area (Å²) in [6.07, 6.45) is 2.40. The number of aromatic carboxylic acids is 1. The number of carbonyl (C=O) groups is 1. The Balaban J connectivity index is 2.39. The Morgan fingerprint density at radius 2 is 2.00 bits per heavy atom. The summed E-state index contributed by atoms with van der Waals surface area (Å²) in [5.74, 6) is -0.847. The highest BCUT2D eigenvalue weighted by atomic mass is 127. The van der Waals surface area contributed by atoms with Gasteiger partial charge in [-0.3, -0.25) is 0 Å². The van der Waals surface area contributed by atoms with Crippen LogP contribution in [0.4, 0.5) is 5.69 Å². The standard InChI is InChI=1S/C11H12INO2/c12-10-8(11(14)15)4-3-5-9(10)13-6-1-2-7-13/h3-5H,1-2,6-7H2,(H,14,15). The Morgan fingerprint density at radius 3 is 2.60 bits per heavy atom. The van der Waals surface area contributed by atoms with Crippen molar-refractivity contribution in [1.29, 1.82) is 0 Å². The fraction of sp³-hybridized carbons (Fsp3) is 0.364. The van der Waals surface area contributed by atoms with Crippen molar-refractivity contribution in [2.45, 2.75) is 12.8 Å². The van der Waals surface area contributed by atoms with Crippen LogP contribution >= 0.6 is 22.6 Å². The maximum Gasteiger partial charge on any atom is 0.336 e. The predicted molar refractivity (Wildman–Crippen MR) is 67.6 cm³/mol. The average Bonchev–Trinajstić information content (AvgIpc) is 2.70. The lowest BCUT2D eigenvalue weighted by Gasteiger charge is -2.19. The third-order valence-corrected chi connectivity index (χ3v) is 3.79. The van der Waals surface area contributed by atoms with Crippen LogP contribution < -0.4 is 4.90 Å². The van der Waals surface area contributed by atoms with Crippen molar-refractivity contribution in [2.75, 3.05) is 18.0 Å². The normalized spacial score (nSPS) is 15.7. The molecule has 0 aliphatic carbocycles. The Kier molecular flexibility index (Phi) is 3.14. The number of rotatable bonds is 2. The number of hydrogen-bond donors (Lipinski definition) is 1. The molecule has 1 N–H and O–H groups in total. The van der Waals surface area contributed by atoms with Gasteiger partial charge in [0.1, 0.15) is 0 Å². The van der Waals surface area contributed by atoms with Crippen LogP contribution in [-0.2, 0) is 0 Å². The average molecular weight is 317 g/mol. The van der Waals surface area contributed by atoms with Gasteiger partial charge in [0, 0.05) is 13.1 Å². The summed E-state index contributed by atoms with van der Waals surface area (Å²) in [4.78, 5) is 13.2. The maximum absolute atomic E-state index is 11.0. The molecular weight excluding hydrogens is 305 g/mol. The Morgan fingerprint density at radius 1 is 1.33 bits per heavy atom. The topological polar surface area (TPSA) is 40.5 Å². The Hall–Kier alpha value is -0.780. The highest BCUT2D eigenvalue weighted by Gasteiger charge is 2.18. The molecule has 80 valence electrons. The van der Waals surface area contributed by atoms with Gasteiger partial charge < -0.3 is 10.0 Å². The van der Waals surface area contributed by atoms with Crippen molar-refractivity contribution in [3.63, 3.8) is 0 Å². The minimum atomic E-state index is -0.847. The van der Waals surface area contributed by atoms with E-state index in [0.717, 1.165) is 22.3 Å². The van der Waals surface area contributed by atoms with Crippen LogP contribution in [0.15, 0.2) is 18.2 Å². The Labute approximate surface area is 102 Å². The molecule has 2 rings (SSSR count). The smallest absolute Gasteiger partial charge is 0.336 e. The van der Waals surface area contributed by atoms with E-state index in [0.29, 0.717) is 5.56 Å². The zero-order valence-electron chi connectivity index (χ0n) is 8.24. The summed E-state index contributed by atoms with van der Waals surface area (Å²) in [6, 6.07) is 5.47. The number of carboxylic acid groups (broad SMARTS) is 1. The number of carboxylic acids is 1. The fourth-order valence-electron chi connectivity index (χ4n) is 1.89. The lowest BCUT2D eigenvalue weighted by Crippen LogP contribution is -2.19. The van der Waals surface area contributed by atoms with Crippen LogP contribution in [0.25, 0.3) is 0 Å². The molecule has 0 amide bonds. The van der Waals surface area contributed by atoms with Gasteiger partial charge >= 0.3 is 5.97 Å². The van der Waals surface area contributed by atoms with Gasteiger partial charge in [0.15, 0.2) is 0 Å². The number of hydrogen-bond acceptors (Lipinski definition) is 2. The van der Waals surface area contributed by atoms with Crippen LogP contribution in [0.1, 0.15) is 23.2 Å². The summed E-state index contributed by atoms with van der Waals surface area (Å²) < 4.78 is 0.851. The monoisotopic (exact) mass is 317 g/mol. The van der Waals surface area contributed by atoms with Crippen molar-refractivity contribution in [3.8, 4) is 0 Å². The van der Waals surface area contributed by atoms with Gasteiger partial charge in [-0.25, -0.2) is 4.79 Å². The summed E-state index contributed by atoms with van der Waals surface area (Å²) in [5.41, 5.74) is 1.47. The van der Waals surface area contributed by atoms with Gasteiger partial charge in [-0.15, -0.1) is 0 Å². The Bertz CT molecular complexity index is 386. The van der Waals surface area contributed by atoms with E-state index in [2.05, 4.69) is 27.5 Å². The molecule has 1 aromatic carbocycles. The number of halogens is 1. The molecule has 1 aromatic rings. The molecule has 1 heterocycles. The van der Waals surface area contributed by atoms with Gasteiger partial charge in [-0.05, 0) is 47.6 Å². The van der Waals surface area contributed by atoms with Crippen LogP contribution in [0.2, 0.25) is 0 Å². The summed E-state index contributed by atoms with van der Waals surface area (Å²) in [5, 5.41) is 9.01. The van der Waals surface area contributed by atoms with E-state index in [4.69, 9.17) is 5.11 Å². The molecule has 1 saturated heterocycles. The van der Waals surface area contributed by atoms with Crippen LogP contribution in [0.5, 0.6) is 0 Å². The molecule has 0 saturated carbocycles. The number of benzene rings is 1. The van der Waals surface area contributed by atoms with Crippen LogP contribution in [0, 0.1) is 3.57 Å². The number of nitrogens with zero attached hydrogens (tertiary/aromatic N) is 1. The van der Waals surface area contributed by atoms with Crippen molar-refractivity contribution in [1.82, 2.24) is 0 Å². The molecule has 4 heteroatoms. The summed E-state index contributed by atoms with van der Waals surface area (Å²) in [6.45, 7) is 2.08. The SMILES string of the molecule is O=C(O)c1cccc(N2CCCC2)c1I. The molecule has 0 bridgehead atoms. The van der Waals surface area contributed by atoms with Gasteiger partial charge in [-0.1, -0.05) is 6.07 Å². The molecule has 0 radical (unpaired) electrons. The molecule has 3 nitrogen and oxygen atoms in total. The maximum atomic E-state index is 11.0. The molecule has 15 heavy (non-hydrogen) atoms. The first-order valence-corrected chi connectivity index (χ1v) is 6.05. The second-order valence-corrected chi connectivity index (χ2v) is 4.72. The second kappa shape index (κ2) is 4.38. The lowest BCUT2D eigenvalue weighted by atomic mass is 10.2. The zero-order chi connectivity index (χ0) is 10.8.